The van der Waals surface area contributed by atoms with Crippen LogP contribution in [0.4, 0.5) is 0 Å². The van der Waals surface area contributed by atoms with Crippen LogP contribution in [0.25, 0.3) is 0 Å². The summed E-state index contributed by atoms with van der Waals surface area (Å²) >= 11 is 2.16. The number of nitrogens with one attached hydrogen (secondary N) is 2. The van der Waals surface area contributed by atoms with E-state index in [0.29, 0.717) is 0 Å². The Kier molecular flexibility index (Phi) is 9.27. The molecule has 0 radical (unpaired) electrons. The summed E-state index contributed by atoms with van der Waals surface area (Å²) in [7, 11) is 0. The van der Waals surface area contributed by atoms with Gasteiger partial charge in [0.1, 0.15) is 0 Å². The fourth-order valence-corrected chi connectivity index (χ4v) is 0.832. The van der Waals surface area contributed by atoms with E-state index in [0.717, 1.165) is 19.6 Å². The molecule has 0 saturated heterocycles. The smallest absolute Gasteiger partial charge is 0.0175 e. The van der Waals surface area contributed by atoms with E-state index in [1.165, 1.54) is 12.8 Å². The second-order valence-electron chi connectivity index (χ2n) is 1.99. The number of hydrogen-bond acceptors (Lipinski definition) is 2. The maximum Gasteiger partial charge on any atom is 0.0175 e. The highest BCUT2D eigenvalue weighted by atomic mass is 127. The van der Waals surface area contributed by atoms with E-state index in [9.17, 15) is 0 Å². The number of hydrogen-bond donors (Lipinski definition) is 2. The van der Waals surface area contributed by atoms with E-state index in [-0.39, 0.29) is 0 Å². The first-order valence-corrected chi connectivity index (χ1v) is 4.54. The molecule has 0 aromatic carbocycles. The topological polar surface area (TPSA) is 24.1 Å². The van der Waals surface area contributed by atoms with Crippen LogP contribution in [0.2, 0.25) is 0 Å². The molecule has 0 aliphatic carbocycles. The molecule has 0 unspecified atom stereocenters. The van der Waals surface area contributed by atoms with E-state index < -0.39 is 0 Å². The van der Waals surface area contributed by atoms with Crippen molar-refractivity contribution in [3.63, 3.8) is 0 Å². The standard InChI is InChI=1S/C6H15IN2/c1-2-3-4-8-5-6-9-7/h8-9H,2-6H2,1H3. The lowest BCUT2D eigenvalue weighted by atomic mass is 10.3. The van der Waals surface area contributed by atoms with Gasteiger partial charge in [0, 0.05) is 36.0 Å². The average Bonchev–Trinajstić information content (AvgIpc) is 1.89. The monoisotopic (exact) mass is 242 g/mol. The first kappa shape index (κ1) is 9.65. The zero-order valence-electron chi connectivity index (χ0n) is 5.91. The van der Waals surface area contributed by atoms with Gasteiger partial charge in [-0.2, -0.15) is 0 Å². The van der Waals surface area contributed by atoms with Gasteiger partial charge in [0.2, 0.25) is 0 Å². The third-order valence-corrected chi connectivity index (χ3v) is 1.64. The van der Waals surface area contributed by atoms with E-state index in [2.05, 4.69) is 38.6 Å². The molecule has 0 aromatic heterocycles. The summed E-state index contributed by atoms with van der Waals surface area (Å²) in [4.78, 5) is 0. The van der Waals surface area contributed by atoms with Crippen LogP contribution < -0.4 is 8.85 Å². The minimum Gasteiger partial charge on any atom is -0.315 e. The van der Waals surface area contributed by atoms with Gasteiger partial charge in [-0.3, -0.25) is 3.53 Å². The normalized spacial score (nSPS) is 10.0. The maximum absolute atomic E-state index is 3.32. The summed E-state index contributed by atoms with van der Waals surface area (Å²) in [6.07, 6.45) is 2.58. The van der Waals surface area contributed by atoms with Crippen molar-refractivity contribution in [1.29, 1.82) is 0 Å². The molecule has 0 aliphatic rings. The van der Waals surface area contributed by atoms with Gasteiger partial charge in [0.25, 0.3) is 0 Å². The predicted octanol–water partition coefficient (Wildman–Crippen LogP) is 1.32. The Morgan fingerprint density at radius 1 is 1.22 bits per heavy atom. The Morgan fingerprint density at radius 2 is 2.00 bits per heavy atom. The van der Waals surface area contributed by atoms with Crippen LogP contribution in [0.1, 0.15) is 19.8 Å². The number of unbranched alkanes of at least 4 members (excludes halogenated alkanes) is 1. The van der Waals surface area contributed by atoms with Gasteiger partial charge in [-0.25, -0.2) is 0 Å². The molecule has 9 heavy (non-hydrogen) atoms. The van der Waals surface area contributed by atoms with Crippen molar-refractivity contribution < 1.29 is 0 Å². The third-order valence-electron chi connectivity index (χ3n) is 1.10. The average molecular weight is 242 g/mol. The fourth-order valence-electron chi connectivity index (χ4n) is 0.562. The van der Waals surface area contributed by atoms with Crippen LogP contribution in [-0.4, -0.2) is 19.6 Å². The zero-order chi connectivity index (χ0) is 6.95. The summed E-state index contributed by atoms with van der Waals surface area (Å²) in [5.74, 6) is 0. The SMILES string of the molecule is CCCCNCCNI. The van der Waals surface area contributed by atoms with Gasteiger partial charge in [-0.05, 0) is 13.0 Å². The zero-order valence-corrected chi connectivity index (χ0v) is 8.07. The van der Waals surface area contributed by atoms with E-state index in [1.54, 1.807) is 0 Å². The molecule has 2 nitrogen and oxygen atoms in total. The van der Waals surface area contributed by atoms with Gasteiger partial charge in [0.15, 0.2) is 0 Å². The van der Waals surface area contributed by atoms with E-state index in [1.807, 2.05) is 0 Å². The molecule has 0 saturated carbocycles. The first-order valence-electron chi connectivity index (χ1n) is 3.46. The summed E-state index contributed by atoms with van der Waals surface area (Å²) in [5, 5.41) is 3.32. The number of halogens is 1. The van der Waals surface area contributed by atoms with Crippen molar-refractivity contribution in [2.75, 3.05) is 19.6 Å². The largest absolute Gasteiger partial charge is 0.315 e. The van der Waals surface area contributed by atoms with Crippen molar-refractivity contribution in [2.45, 2.75) is 19.8 Å². The van der Waals surface area contributed by atoms with Crippen LogP contribution in [-0.2, 0) is 0 Å². The molecule has 0 spiro atoms. The molecule has 0 rings (SSSR count). The Balaban J connectivity index is 2.60. The van der Waals surface area contributed by atoms with Gasteiger partial charge < -0.3 is 5.32 Å². The van der Waals surface area contributed by atoms with Crippen LogP contribution >= 0.6 is 22.9 Å². The van der Waals surface area contributed by atoms with Crippen LogP contribution in [0.15, 0.2) is 0 Å². The van der Waals surface area contributed by atoms with Crippen LogP contribution in [0.3, 0.4) is 0 Å². The van der Waals surface area contributed by atoms with Crippen molar-refractivity contribution in [2.24, 2.45) is 0 Å². The third kappa shape index (κ3) is 8.65. The Bertz CT molecular complexity index is 44.3. The predicted molar refractivity (Wildman–Crippen MR) is 49.8 cm³/mol. The molecule has 0 atom stereocenters. The highest BCUT2D eigenvalue weighted by molar-refractivity contribution is 14.1. The molecule has 0 aliphatic heterocycles. The van der Waals surface area contributed by atoms with Gasteiger partial charge >= 0.3 is 0 Å². The van der Waals surface area contributed by atoms with Crippen molar-refractivity contribution in [3.05, 3.63) is 0 Å². The molecule has 0 fully saturated rings. The first-order chi connectivity index (χ1) is 4.41. The summed E-state index contributed by atoms with van der Waals surface area (Å²) in [6, 6.07) is 0. The molecular formula is C6H15IN2. The minimum absolute atomic E-state index is 1.06. The Labute approximate surface area is 71.3 Å². The molecule has 3 heteroatoms. The lowest BCUT2D eigenvalue weighted by molar-refractivity contribution is 0.641. The second-order valence-corrected chi connectivity index (χ2v) is 2.75. The van der Waals surface area contributed by atoms with Crippen molar-refractivity contribution in [1.82, 2.24) is 8.85 Å². The van der Waals surface area contributed by atoms with E-state index >= 15 is 0 Å². The fraction of sp³-hybridized carbons (Fsp3) is 1.00. The van der Waals surface area contributed by atoms with Crippen LogP contribution in [0.5, 0.6) is 0 Å². The number of rotatable bonds is 6. The highest BCUT2D eigenvalue weighted by Gasteiger charge is 1.83. The molecular weight excluding hydrogens is 227 g/mol. The lowest BCUT2D eigenvalue weighted by Crippen LogP contribution is -2.23. The lowest BCUT2D eigenvalue weighted by Gasteiger charge is -2.00. The van der Waals surface area contributed by atoms with E-state index in [4.69, 9.17) is 0 Å². The molecule has 0 amide bonds. The summed E-state index contributed by atoms with van der Waals surface area (Å²) in [5.41, 5.74) is 0. The minimum atomic E-state index is 1.06. The highest BCUT2D eigenvalue weighted by Crippen LogP contribution is 1.80. The maximum atomic E-state index is 3.32. The summed E-state index contributed by atoms with van der Waals surface area (Å²) in [6.45, 7) is 5.51. The second kappa shape index (κ2) is 8.65. The quantitative estimate of drug-likeness (QED) is 0.417. The van der Waals surface area contributed by atoms with Gasteiger partial charge in [-0.15, -0.1) is 0 Å². The van der Waals surface area contributed by atoms with Crippen molar-refractivity contribution in [3.8, 4) is 0 Å². The Morgan fingerprint density at radius 3 is 2.56 bits per heavy atom. The Hall–Kier alpha value is 0.650. The van der Waals surface area contributed by atoms with Crippen LogP contribution in [0, 0.1) is 0 Å². The summed E-state index contributed by atoms with van der Waals surface area (Å²) < 4.78 is 3.05. The molecule has 56 valence electrons. The molecule has 0 bridgehead atoms. The van der Waals surface area contributed by atoms with Gasteiger partial charge in [-0.1, -0.05) is 13.3 Å². The molecule has 0 heterocycles. The van der Waals surface area contributed by atoms with Crippen molar-refractivity contribution >= 4 is 22.9 Å². The van der Waals surface area contributed by atoms with Gasteiger partial charge in [0.05, 0.1) is 0 Å². The molecule has 2 N–H and O–H groups in total. The molecule has 0 aromatic rings.